The van der Waals surface area contributed by atoms with Crippen molar-refractivity contribution in [1.82, 2.24) is 0 Å². The molecule has 1 aliphatic rings. The first kappa shape index (κ1) is 7.14. The van der Waals surface area contributed by atoms with E-state index in [1.807, 2.05) is 37.2 Å². The Morgan fingerprint density at radius 3 is 2.90 bits per heavy atom. The van der Waals surface area contributed by atoms with Crippen LogP contribution >= 0.6 is 0 Å². The highest BCUT2D eigenvalue weighted by atomic mass is 13.8. The van der Waals surface area contributed by atoms with E-state index in [1.54, 1.807) is 0 Å². The molecule has 0 aromatic carbocycles. The van der Waals surface area contributed by atoms with E-state index in [0.717, 1.165) is 0 Å². The maximum Gasteiger partial charge on any atom is 0.181 e. The van der Waals surface area contributed by atoms with Crippen molar-refractivity contribution >= 4 is 7.28 Å². The molecule has 0 fully saturated rings. The number of hydrogen-bond acceptors (Lipinski definition) is 0. The fourth-order valence-corrected chi connectivity index (χ4v) is 0.778. The van der Waals surface area contributed by atoms with E-state index in [4.69, 9.17) is 0 Å². The second kappa shape index (κ2) is 3.94. The molecule has 0 aromatic rings. The summed E-state index contributed by atoms with van der Waals surface area (Å²) in [6.07, 6.45) is 12.3. The van der Waals surface area contributed by atoms with Gasteiger partial charge >= 0.3 is 0 Å². The van der Waals surface area contributed by atoms with Crippen molar-refractivity contribution in [2.75, 3.05) is 0 Å². The van der Waals surface area contributed by atoms with Crippen LogP contribution in [0.15, 0.2) is 47.9 Å². The van der Waals surface area contributed by atoms with E-state index >= 15 is 0 Å². The van der Waals surface area contributed by atoms with Gasteiger partial charge in [0, 0.05) is 0 Å². The van der Waals surface area contributed by atoms with Crippen LogP contribution in [-0.2, 0) is 0 Å². The Balaban J connectivity index is 2.39. The highest BCUT2D eigenvalue weighted by Crippen LogP contribution is 2.02. The fraction of sp³-hybridized carbons (Fsp3) is 0.111. The number of allylic oxidation sites excluding steroid dienone is 7. The minimum atomic E-state index is 1.26. The van der Waals surface area contributed by atoms with E-state index in [2.05, 4.69) is 19.4 Å². The second-order valence-electron chi connectivity index (χ2n) is 2.10. The van der Waals surface area contributed by atoms with Crippen molar-refractivity contribution in [3.63, 3.8) is 0 Å². The summed E-state index contributed by atoms with van der Waals surface area (Å²) in [6, 6.07) is 0. The molecule has 10 heavy (non-hydrogen) atoms. The van der Waals surface area contributed by atoms with Gasteiger partial charge in [0.05, 0.1) is 0 Å². The molecule has 0 spiro atoms. The zero-order valence-electron chi connectivity index (χ0n) is 6.12. The minimum Gasteiger partial charge on any atom is -0.116 e. The van der Waals surface area contributed by atoms with Gasteiger partial charge in [-0.3, -0.25) is 0 Å². The molecule has 1 heterocycles. The first-order valence-corrected chi connectivity index (χ1v) is 3.44. The van der Waals surface area contributed by atoms with Crippen LogP contribution in [0.2, 0.25) is 0 Å². The van der Waals surface area contributed by atoms with Crippen molar-refractivity contribution < 1.29 is 0 Å². The van der Waals surface area contributed by atoms with E-state index in [1.165, 1.54) is 5.47 Å². The molecule has 0 bridgehead atoms. The monoisotopic (exact) mass is 129 g/mol. The highest BCUT2D eigenvalue weighted by molar-refractivity contribution is 6.53. The van der Waals surface area contributed by atoms with E-state index in [0.29, 0.717) is 0 Å². The first-order valence-electron chi connectivity index (χ1n) is 3.44. The summed E-state index contributed by atoms with van der Waals surface area (Å²) < 4.78 is 0. The van der Waals surface area contributed by atoms with Crippen LogP contribution in [0.5, 0.6) is 0 Å². The molecule has 0 unspecified atom stereocenters. The summed E-state index contributed by atoms with van der Waals surface area (Å²) in [6.45, 7) is 2.01. The van der Waals surface area contributed by atoms with E-state index < -0.39 is 0 Å². The zero-order valence-corrected chi connectivity index (χ0v) is 6.12. The SMILES string of the molecule is CC=CC=CC1=CC=C[B]1. The predicted octanol–water partition coefficient (Wildman–Crippen LogP) is 2.23. The van der Waals surface area contributed by atoms with Gasteiger partial charge in [-0.1, -0.05) is 41.9 Å². The quantitative estimate of drug-likeness (QED) is 0.396. The molecule has 0 N–H and O–H groups in total. The van der Waals surface area contributed by atoms with Crippen molar-refractivity contribution in [3.05, 3.63) is 47.9 Å². The largest absolute Gasteiger partial charge is 0.181 e. The molecular weight excluding hydrogens is 119 g/mol. The Bertz CT molecular complexity index is 207. The Morgan fingerprint density at radius 1 is 1.40 bits per heavy atom. The standard InChI is InChI=1S/C9H10B/c1-2-3-4-6-9-7-5-8-10-9/h2-8H,1H3. The molecule has 1 aliphatic heterocycles. The number of rotatable bonds is 2. The van der Waals surface area contributed by atoms with Crippen LogP contribution in [-0.4, -0.2) is 7.28 Å². The van der Waals surface area contributed by atoms with Gasteiger partial charge in [0.25, 0.3) is 0 Å². The summed E-state index contributed by atoms with van der Waals surface area (Å²) in [7, 11) is 2.08. The molecule has 1 rings (SSSR count). The lowest BCUT2D eigenvalue weighted by atomic mass is 9.73. The van der Waals surface area contributed by atoms with E-state index in [-0.39, 0.29) is 0 Å². The van der Waals surface area contributed by atoms with Crippen molar-refractivity contribution in [2.24, 2.45) is 0 Å². The lowest BCUT2D eigenvalue weighted by Crippen LogP contribution is -1.81. The summed E-state index contributed by atoms with van der Waals surface area (Å²) in [5.74, 6) is 2.04. The zero-order chi connectivity index (χ0) is 7.23. The third-order valence-corrected chi connectivity index (χ3v) is 1.28. The van der Waals surface area contributed by atoms with Crippen molar-refractivity contribution in [3.8, 4) is 0 Å². The average Bonchev–Trinajstić information content (AvgIpc) is 2.41. The average molecular weight is 129 g/mol. The van der Waals surface area contributed by atoms with Crippen LogP contribution in [0.1, 0.15) is 6.92 Å². The van der Waals surface area contributed by atoms with Gasteiger partial charge in [0.2, 0.25) is 0 Å². The van der Waals surface area contributed by atoms with Crippen molar-refractivity contribution in [1.29, 1.82) is 0 Å². The van der Waals surface area contributed by atoms with Gasteiger partial charge in [-0.25, -0.2) is 0 Å². The van der Waals surface area contributed by atoms with E-state index in [9.17, 15) is 0 Å². The normalized spacial score (nSPS) is 16.7. The molecule has 0 saturated carbocycles. The van der Waals surface area contributed by atoms with Crippen LogP contribution < -0.4 is 0 Å². The fourth-order valence-electron chi connectivity index (χ4n) is 0.778. The smallest absolute Gasteiger partial charge is 0.116 e. The Hall–Kier alpha value is -0.975. The molecule has 0 aliphatic carbocycles. The van der Waals surface area contributed by atoms with Crippen LogP contribution in [0.3, 0.4) is 0 Å². The van der Waals surface area contributed by atoms with Gasteiger partial charge in [-0.2, -0.15) is 0 Å². The van der Waals surface area contributed by atoms with Gasteiger partial charge in [0.1, 0.15) is 0 Å². The molecule has 1 heteroatoms. The van der Waals surface area contributed by atoms with Gasteiger partial charge in [0.15, 0.2) is 7.28 Å². The molecule has 0 saturated heterocycles. The van der Waals surface area contributed by atoms with Crippen LogP contribution in [0.25, 0.3) is 0 Å². The minimum absolute atomic E-state index is 1.26. The summed E-state index contributed by atoms with van der Waals surface area (Å²) in [4.78, 5) is 0. The predicted molar refractivity (Wildman–Crippen MR) is 46.9 cm³/mol. The molecule has 0 nitrogen and oxygen atoms in total. The molecular formula is C9H10B. The maximum atomic E-state index is 2.08. The number of hydrogen-bond donors (Lipinski definition) is 0. The third kappa shape index (κ3) is 2.10. The van der Waals surface area contributed by atoms with Crippen LogP contribution in [0.4, 0.5) is 0 Å². The van der Waals surface area contributed by atoms with Crippen LogP contribution in [0, 0.1) is 0 Å². The second-order valence-corrected chi connectivity index (χ2v) is 2.10. The van der Waals surface area contributed by atoms with Gasteiger partial charge in [-0.15, -0.1) is 5.98 Å². The Labute approximate surface area is 62.9 Å². The molecule has 0 atom stereocenters. The van der Waals surface area contributed by atoms with Gasteiger partial charge in [-0.05, 0) is 6.92 Å². The summed E-state index contributed by atoms with van der Waals surface area (Å²) in [5, 5.41) is 0. The summed E-state index contributed by atoms with van der Waals surface area (Å²) >= 11 is 0. The Kier molecular flexibility index (Phi) is 2.81. The maximum absolute atomic E-state index is 2.08. The lowest BCUT2D eigenvalue weighted by Gasteiger charge is -1.84. The molecule has 49 valence electrons. The first-order chi connectivity index (χ1) is 4.93. The topological polar surface area (TPSA) is 0 Å². The molecule has 0 amide bonds. The van der Waals surface area contributed by atoms with Crippen molar-refractivity contribution in [2.45, 2.75) is 6.92 Å². The third-order valence-electron chi connectivity index (χ3n) is 1.28. The molecule has 1 radical (unpaired) electrons. The lowest BCUT2D eigenvalue weighted by molar-refractivity contribution is 1.72. The highest BCUT2D eigenvalue weighted by Gasteiger charge is 1.93. The summed E-state index contributed by atoms with van der Waals surface area (Å²) in [5.41, 5.74) is 1.26. The Morgan fingerprint density at radius 2 is 2.30 bits per heavy atom. The molecule has 0 aromatic heterocycles. The van der Waals surface area contributed by atoms with Gasteiger partial charge < -0.3 is 0 Å².